The molecule has 2 heterocycles. The van der Waals surface area contributed by atoms with Crippen LogP contribution in [0.5, 0.6) is 0 Å². The first kappa shape index (κ1) is 12.8. The van der Waals surface area contributed by atoms with Crippen molar-refractivity contribution in [3.8, 4) is 0 Å². The molecule has 1 N–H and O–H groups in total. The Balaban J connectivity index is 1.66. The maximum atomic E-state index is 5.83. The van der Waals surface area contributed by atoms with Crippen LogP contribution >= 0.6 is 0 Å². The first-order valence-electron chi connectivity index (χ1n) is 7.46. The van der Waals surface area contributed by atoms with E-state index in [2.05, 4.69) is 59.9 Å². The van der Waals surface area contributed by atoms with Crippen LogP contribution in [0.3, 0.4) is 0 Å². The summed E-state index contributed by atoms with van der Waals surface area (Å²) in [6.45, 7) is 2.05. The van der Waals surface area contributed by atoms with Gasteiger partial charge in [-0.2, -0.15) is 0 Å². The van der Waals surface area contributed by atoms with Crippen LogP contribution in [-0.2, 0) is 4.84 Å². The number of nitrogens with zero attached hydrogens (tertiary/aromatic N) is 2. The van der Waals surface area contributed by atoms with E-state index >= 15 is 0 Å². The van der Waals surface area contributed by atoms with E-state index in [4.69, 9.17) is 9.83 Å². The lowest BCUT2D eigenvalue weighted by atomic mass is 10.0. The Morgan fingerprint density at radius 2 is 1.86 bits per heavy atom. The standard InChI is InChI=1S/C17H19N3O/c1-20-10-8-17(9-11-20)18-16(19-21-17)15-7-6-13-4-2-3-5-14(13)12-15/h2-7,12H,8-11H2,1H3,(H,18,19). The Labute approximate surface area is 124 Å². The van der Waals surface area contributed by atoms with Crippen molar-refractivity contribution in [2.45, 2.75) is 18.6 Å². The van der Waals surface area contributed by atoms with Gasteiger partial charge in [0.15, 0.2) is 11.6 Å². The van der Waals surface area contributed by atoms with Gasteiger partial charge in [0.1, 0.15) is 0 Å². The molecule has 4 heteroatoms. The Kier molecular flexibility index (Phi) is 2.94. The van der Waals surface area contributed by atoms with E-state index in [0.29, 0.717) is 0 Å². The largest absolute Gasteiger partial charge is 0.306 e. The Morgan fingerprint density at radius 1 is 1.10 bits per heavy atom. The lowest BCUT2D eigenvalue weighted by Crippen LogP contribution is -2.42. The lowest BCUT2D eigenvalue weighted by molar-refractivity contribution is -0.0863. The molecule has 2 aliphatic heterocycles. The molecule has 0 aromatic heterocycles. The third-order valence-corrected chi connectivity index (χ3v) is 4.44. The van der Waals surface area contributed by atoms with Crippen molar-refractivity contribution < 1.29 is 4.84 Å². The number of hydroxylamine groups is 1. The molecular weight excluding hydrogens is 262 g/mol. The smallest absolute Gasteiger partial charge is 0.190 e. The van der Waals surface area contributed by atoms with Gasteiger partial charge < -0.3 is 4.90 Å². The number of likely N-dealkylation sites (tertiary alicyclic amines) is 1. The highest BCUT2D eigenvalue weighted by atomic mass is 16.7. The monoisotopic (exact) mass is 281 g/mol. The van der Waals surface area contributed by atoms with E-state index in [1.165, 1.54) is 10.8 Å². The number of hydrogen-bond donors (Lipinski definition) is 1. The molecule has 1 fully saturated rings. The summed E-state index contributed by atoms with van der Waals surface area (Å²) in [6.07, 6.45) is 1.88. The fourth-order valence-electron chi connectivity index (χ4n) is 3.03. The molecule has 4 rings (SSSR count). The second-order valence-corrected chi connectivity index (χ2v) is 5.98. The van der Waals surface area contributed by atoms with Gasteiger partial charge in [-0.3, -0.25) is 0 Å². The minimum atomic E-state index is -0.368. The van der Waals surface area contributed by atoms with Crippen molar-refractivity contribution in [2.75, 3.05) is 20.1 Å². The van der Waals surface area contributed by atoms with Crippen LogP contribution in [0.15, 0.2) is 47.5 Å². The highest BCUT2D eigenvalue weighted by molar-refractivity contribution is 6.02. The highest BCUT2D eigenvalue weighted by Gasteiger charge is 2.39. The van der Waals surface area contributed by atoms with Crippen molar-refractivity contribution in [2.24, 2.45) is 4.99 Å². The number of nitrogens with one attached hydrogen (secondary N) is 1. The van der Waals surface area contributed by atoms with Crippen molar-refractivity contribution in [1.82, 2.24) is 10.4 Å². The van der Waals surface area contributed by atoms with E-state index in [9.17, 15) is 0 Å². The quantitative estimate of drug-likeness (QED) is 0.873. The van der Waals surface area contributed by atoms with Crippen LogP contribution < -0.4 is 5.48 Å². The molecule has 2 aliphatic rings. The first-order valence-corrected chi connectivity index (χ1v) is 7.46. The third kappa shape index (κ3) is 2.30. The number of rotatable bonds is 1. The minimum Gasteiger partial charge on any atom is -0.306 e. The van der Waals surface area contributed by atoms with Crippen LogP contribution in [-0.4, -0.2) is 36.6 Å². The van der Waals surface area contributed by atoms with E-state index < -0.39 is 0 Å². The van der Waals surface area contributed by atoms with E-state index in [1.54, 1.807) is 0 Å². The van der Waals surface area contributed by atoms with Gasteiger partial charge in [0, 0.05) is 31.5 Å². The van der Waals surface area contributed by atoms with E-state index in [-0.39, 0.29) is 5.72 Å². The fraction of sp³-hybridized carbons (Fsp3) is 0.353. The normalized spacial score (nSPS) is 21.5. The number of benzene rings is 2. The molecule has 21 heavy (non-hydrogen) atoms. The van der Waals surface area contributed by atoms with Crippen LogP contribution in [0.25, 0.3) is 10.8 Å². The van der Waals surface area contributed by atoms with Crippen LogP contribution in [0.1, 0.15) is 18.4 Å². The number of fused-ring (bicyclic) bond motifs is 1. The number of piperidine rings is 1. The number of hydrogen-bond acceptors (Lipinski definition) is 4. The summed E-state index contributed by atoms with van der Waals surface area (Å²) in [6, 6.07) is 14.8. The van der Waals surface area contributed by atoms with Gasteiger partial charge in [-0.15, -0.1) is 0 Å². The lowest BCUT2D eigenvalue weighted by Gasteiger charge is -2.33. The maximum Gasteiger partial charge on any atom is 0.190 e. The fourth-order valence-corrected chi connectivity index (χ4v) is 3.03. The van der Waals surface area contributed by atoms with Gasteiger partial charge in [-0.25, -0.2) is 15.3 Å². The summed E-state index contributed by atoms with van der Waals surface area (Å²) in [4.78, 5) is 13.0. The molecule has 1 saturated heterocycles. The first-order chi connectivity index (χ1) is 10.2. The molecule has 0 atom stereocenters. The van der Waals surface area contributed by atoms with Crippen LogP contribution in [0, 0.1) is 0 Å². The zero-order chi connectivity index (χ0) is 14.3. The predicted octanol–water partition coefficient (Wildman–Crippen LogP) is 2.54. The van der Waals surface area contributed by atoms with Gasteiger partial charge >= 0.3 is 0 Å². The molecule has 0 bridgehead atoms. The Hall–Kier alpha value is -1.91. The van der Waals surface area contributed by atoms with Crippen molar-refractivity contribution in [3.05, 3.63) is 48.0 Å². The summed E-state index contributed by atoms with van der Waals surface area (Å²) in [7, 11) is 2.14. The molecule has 0 aliphatic carbocycles. The van der Waals surface area contributed by atoms with Crippen molar-refractivity contribution >= 4 is 16.6 Å². The van der Waals surface area contributed by atoms with Crippen LogP contribution in [0.2, 0.25) is 0 Å². The van der Waals surface area contributed by atoms with Gasteiger partial charge in [-0.1, -0.05) is 36.4 Å². The van der Waals surface area contributed by atoms with Gasteiger partial charge in [0.25, 0.3) is 0 Å². The Bertz CT molecular complexity index is 702. The van der Waals surface area contributed by atoms with Crippen molar-refractivity contribution in [3.63, 3.8) is 0 Å². The molecule has 4 nitrogen and oxygen atoms in total. The molecular formula is C17H19N3O. The minimum absolute atomic E-state index is 0.368. The zero-order valence-electron chi connectivity index (χ0n) is 12.2. The molecule has 0 radical (unpaired) electrons. The number of aliphatic imine (C=N–C) groups is 1. The molecule has 2 aromatic carbocycles. The highest BCUT2D eigenvalue weighted by Crippen LogP contribution is 2.30. The van der Waals surface area contributed by atoms with Gasteiger partial charge in [-0.05, 0) is 23.9 Å². The topological polar surface area (TPSA) is 36.9 Å². The third-order valence-electron chi connectivity index (χ3n) is 4.44. The molecule has 1 spiro atoms. The Morgan fingerprint density at radius 3 is 2.67 bits per heavy atom. The molecule has 108 valence electrons. The average molecular weight is 281 g/mol. The SMILES string of the molecule is CN1CCC2(CC1)N=C(c1ccc3ccccc3c1)NO2. The summed E-state index contributed by atoms with van der Waals surface area (Å²) >= 11 is 0. The van der Waals surface area contributed by atoms with Crippen LogP contribution in [0.4, 0.5) is 0 Å². The second-order valence-electron chi connectivity index (χ2n) is 5.98. The molecule has 0 saturated carbocycles. The average Bonchev–Trinajstić information content (AvgIpc) is 2.94. The summed E-state index contributed by atoms with van der Waals surface area (Å²) in [5, 5.41) is 2.47. The second kappa shape index (κ2) is 4.83. The number of amidine groups is 1. The molecule has 0 amide bonds. The van der Waals surface area contributed by atoms with Gasteiger partial charge in [0.2, 0.25) is 0 Å². The predicted molar refractivity (Wildman–Crippen MR) is 84.2 cm³/mol. The maximum absolute atomic E-state index is 5.83. The molecule has 2 aromatic rings. The zero-order valence-corrected chi connectivity index (χ0v) is 12.2. The summed E-state index contributed by atoms with van der Waals surface area (Å²) in [5.41, 5.74) is 3.76. The van der Waals surface area contributed by atoms with E-state index in [1.807, 2.05) is 0 Å². The molecule has 0 unspecified atom stereocenters. The van der Waals surface area contributed by atoms with E-state index in [0.717, 1.165) is 37.3 Å². The summed E-state index contributed by atoms with van der Waals surface area (Å²) in [5.74, 6) is 0.852. The van der Waals surface area contributed by atoms with Gasteiger partial charge in [0.05, 0.1) is 0 Å². The summed E-state index contributed by atoms with van der Waals surface area (Å²) < 4.78 is 0. The van der Waals surface area contributed by atoms with Crippen molar-refractivity contribution in [1.29, 1.82) is 0 Å².